The largest absolute Gasteiger partial charge is 0.492 e. The Balaban J connectivity index is 1.97. The maximum Gasteiger partial charge on any atom is 0.119 e. The number of ether oxygens (including phenoxy) is 1. The summed E-state index contributed by atoms with van der Waals surface area (Å²) in [6.45, 7) is 6.71. The summed E-state index contributed by atoms with van der Waals surface area (Å²) >= 11 is 0. The summed E-state index contributed by atoms with van der Waals surface area (Å²) in [6.07, 6.45) is 0.977. The van der Waals surface area contributed by atoms with Gasteiger partial charge in [0, 0.05) is 12.5 Å². The van der Waals surface area contributed by atoms with Crippen LogP contribution in [0.5, 0.6) is 5.75 Å². The number of nitrogens with zero attached hydrogens (tertiary/aromatic N) is 1. The van der Waals surface area contributed by atoms with Crippen LogP contribution in [0.3, 0.4) is 0 Å². The van der Waals surface area contributed by atoms with E-state index in [1.165, 1.54) is 33.4 Å². The van der Waals surface area contributed by atoms with Crippen molar-refractivity contribution in [3.05, 3.63) is 52.6 Å². The molecule has 1 atom stereocenters. The second-order valence-electron chi connectivity index (χ2n) is 7.07. The first-order chi connectivity index (χ1) is 11.5. The van der Waals surface area contributed by atoms with Gasteiger partial charge in [0.2, 0.25) is 0 Å². The Morgan fingerprint density at radius 2 is 1.88 bits per heavy atom. The molecule has 1 aliphatic rings. The first-order valence-electron chi connectivity index (χ1n) is 8.74. The molecule has 0 spiro atoms. The van der Waals surface area contributed by atoms with Crippen LogP contribution in [0.15, 0.2) is 30.3 Å². The molecule has 1 aliphatic carbocycles. The van der Waals surface area contributed by atoms with Crippen molar-refractivity contribution in [1.82, 2.24) is 4.90 Å². The van der Waals surface area contributed by atoms with Crippen LogP contribution in [0.25, 0.3) is 11.1 Å². The fourth-order valence-corrected chi connectivity index (χ4v) is 3.80. The van der Waals surface area contributed by atoms with E-state index >= 15 is 0 Å². The molecular weight excluding hydrogens is 296 g/mol. The van der Waals surface area contributed by atoms with Gasteiger partial charge in [0.05, 0.1) is 0 Å². The van der Waals surface area contributed by atoms with Gasteiger partial charge >= 0.3 is 0 Å². The lowest BCUT2D eigenvalue weighted by molar-refractivity contribution is 0.261. The standard InChI is InChI=1S/C21H28N2O/c1-14-11-15(2)21-18(7-8-22)19-13-16(24-10-9-23(3)4)5-6-17(19)20(21)12-14/h5-6,11-13,18H,7-10,22H2,1-4H3. The van der Waals surface area contributed by atoms with Crippen LogP contribution in [0.4, 0.5) is 0 Å². The molecule has 0 bridgehead atoms. The second-order valence-corrected chi connectivity index (χ2v) is 7.07. The summed E-state index contributed by atoms with van der Waals surface area (Å²) in [6, 6.07) is 11.1. The van der Waals surface area contributed by atoms with Gasteiger partial charge in [-0.1, -0.05) is 23.8 Å². The summed E-state index contributed by atoms with van der Waals surface area (Å²) in [7, 11) is 4.12. The lowest BCUT2D eigenvalue weighted by Gasteiger charge is -2.16. The maximum atomic E-state index is 5.95. The molecule has 0 fully saturated rings. The molecule has 3 rings (SSSR count). The van der Waals surface area contributed by atoms with Crippen LogP contribution in [-0.4, -0.2) is 38.7 Å². The molecule has 128 valence electrons. The van der Waals surface area contributed by atoms with Gasteiger partial charge < -0.3 is 15.4 Å². The normalized spacial score (nSPS) is 15.5. The van der Waals surface area contributed by atoms with E-state index < -0.39 is 0 Å². The van der Waals surface area contributed by atoms with Crippen molar-refractivity contribution in [1.29, 1.82) is 0 Å². The van der Waals surface area contributed by atoms with Crippen molar-refractivity contribution < 1.29 is 4.74 Å². The summed E-state index contributed by atoms with van der Waals surface area (Å²) in [5, 5.41) is 0. The summed E-state index contributed by atoms with van der Waals surface area (Å²) < 4.78 is 5.95. The number of likely N-dealkylation sites (N-methyl/N-ethyl adjacent to an activating group) is 1. The molecule has 0 saturated carbocycles. The lowest BCUT2D eigenvalue weighted by Crippen LogP contribution is -2.19. The van der Waals surface area contributed by atoms with E-state index in [-0.39, 0.29) is 0 Å². The Morgan fingerprint density at radius 1 is 1.08 bits per heavy atom. The topological polar surface area (TPSA) is 38.5 Å². The number of benzene rings is 2. The molecule has 0 heterocycles. The highest BCUT2D eigenvalue weighted by atomic mass is 16.5. The molecule has 0 aliphatic heterocycles. The highest BCUT2D eigenvalue weighted by Crippen LogP contribution is 2.49. The molecule has 0 aromatic heterocycles. The molecule has 0 radical (unpaired) electrons. The number of hydrogen-bond acceptors (Lipinski definition) is 3. The van der Waals surface area contributed by atoms with Gasteiger partial charge in [0.15, 0.2) is 0 Å². The van der Waals surface area contributed by atoms with Crippen LogP contribution < -0.4 is 10.5 Å². The van der Waals surface area contributed by atoms with Gasteiger partial charge in [-0.3, -0.25) is 0 Å². The van der Waals surface area contributed by atoms with E-state index in [2.05, 4.69) is 63.2 Å². The third-order valence-corrected chi connectivity index (χ3v) is 4.83. The number of hydrogen-bond donors (Lipinski definition) is 1. The minimum Gasteiger partial charge on any atom is -0.492 e. The third-order valence-electron chi connectivity index (χ3n) is 4.83. The highest BCUT2D eigenvalue weighted by Gasteiger charge is 2.30. The van der Waals surface area contributed by atoms with E-state index in [1.807, 2.05) is 0 Å². The van der Waals surface area contributed by atoms with Crippen LogP contribution in [0.1, 0.15) is 34.6 Å². The fraction of sp³-hybridized carbons (Fsp3) is 0.429. The van der Waals surface area contributed by atoms with Crippen molar-refractivity contribution in [2.75, 3.05) is 33.8 Å². The highest BCUT2D eigenvalue weighted by molar-refractivity contribution is 5.81. The Kier molecular flexibility index (Phi) is 4.93. The average molecular weight is 324 g/mol. The summed E-state index contributed by atoms with van der Waals surface area (Å²) in [4.78, 5) is 2.13. The molecule has 0 amide bonds. The molecule has 2 N–H and O–H groups in total. The van der Waals surface area contributed by atoms with Gasteiger partial charge in [0.1, 0.15) is 12.4 Å². The molecular formula is C21H28N2O. The predicted molar refractivity (Wildman–Crippen MR) is 101 cm³/mol. The average Bonchev–Trinajstić information content (AvgIpc) is 2.81. The fourth-order valence-electron chi connectivity index (χ4n) is 3.80. The molecule has 3 nitrogen and oxygen atoms in total. The Bertz CT molecular complexity index is 737. The Labute approximate surface area is 145 Å². The number of fused-ring (bicyclic) bond motifs is 3. The zero-order valence-corrected chi connectivity index (χ0v) is 15.2. The molecule has 3 heteroatoms. The van der Waals surface area contributed by atoms with Crippen molar-refractivity contribution in [3.8, 4) is 16.9 Å². The zero-order chi connectivity index (χ0) is 17.3. The minimum atomic E-state index is 0.387. The monoisotopic (exact) mass is 324 g/mol. The Hall–Kier alpha value is -1.84. The van der Waals surface area contributed by atoms with Crippen LogP contribution >= 0.6 is 0 Å². The second kappa shape index (κ2) is 6.96. The van der Waals surface area contributed by atoms with Gasteiger partial charge in [0.25, 0.3) is 0 Å². The molecule has 2 aromatic carbocycles. The quantitative estimate of drug-likeness (QED) is 0.880. The van der Waals surface area contributed by atoms with E-state index in [9.17, 15) is 0 Å². The first-order valence-corrected chi connectivity index (χ1v) is 8.74. The van der Waals surface area contributed by atoms with E-state index in [4.69, 9.17) is 10.5 Å². The van der Waals surface area contributed by atoms with Crippen LogP contribution in [0.2, 0.25) is 0 Å². The van der Waals surface area contributed by atoms with E-state index in [1.54, 1.807) is 0 Å². The molecule has 1 unspecified atom stereocenters. The van der Waals surface area contributed by atoms with E-state index in [0.29, 0.717) is 19.1 Å². The maximum absolute atomic E-state index is 5.95. The third kappa shape index (κ3) is 3.19. The van der Waals surface area contributed by atoms with E-state index in [0.717, 1.165) is 18.7 Å². The SMILES string of the molecule is Cc1cc(C)c2c(c1)-c1ccc(OCCN(C)C)cc1C2CCN. The minimum absolute atomic E-state index is 0.387. The number of aryl methyl sites for hydroxylation is 2. The zero-order valence-electron chi connectivity index (χ0n) is 15.2. The summed E-state index contributed by atoms with van der Waals surface area (Å²) in [5.74, 6) is 1.35. The van der Waals surface area contributed by atoms with Crippen molar-refractivity contribution in [3.63, 3.8) is 0 Å². The van der Waals surface area contributed by atoms with Gasteiger partial charge in [-0.05, 0) is 80.9 Å². The van der Waals surface area contributed by atoms with Crippen LogP contribution in [-0.2, 0) is 0 Å². The first kappa shape index (κ1) is 17.0. The van der Waals surface area contributed by atoms with Crippen molar-refractivity contribution in [2.45, 2.75) is 26.2 Å². The summed E-state index contributed by atoms with van der Waals surface area (Å²) in [5.41, 5.74) is 14.1. The van der Waals surface area contributed by atoms with Gasteiger partial charge in [-0.2, -0.15) is 0 Å². The number of nitrogens with two attached hydrogens (primary N) is 1. The smallest absolute Gasteiger partial charge is 0.119 e. The lowest BCUT2D eigenvalue weighted by atomic mass is 9.90. The predicted octanol–water partition coefficient (Wildman–Crippen LogP) is 3.70. The molecule has 24 heavy (non-hydrogen) atoms. The van der Waals surface area contributed by atoms with Gasteiger partial charge in [-0.25, -0.2) is 0 Å². The van der Waals surface area contributed by atoms with Crippen molar-refractivity contribution in [2.24, 2.45) is 5.73 Å². The van der Waals surface area contributed by atoms with Crippen LogP contribution in [0, 0.1) is 13.8 Å². The Morgan fingerprint density at radius 3 is 2.58 bits per heavy atom. The number of rotatable bonds is 6. The van der Waals surface area contributed by atoms with Gasteiger partial charge in [-0.15, -0.1) is 0 Å². The van der Waals surface area contributed by atoms with Crippen molar-refractivity contribution >= 4 is 0 Å². The molecule has 0 saturated heterocycles. The molecule has 2 aromatic rings.